The standard InChI is InChI=1S/C9H10N2S/c1-7-5-12-6-8(7)9-3-4-10-11(9)2/h3-6H,1-2H3. The first-order chi connectivity index (χ1) is 5.79. The summed E-state index contributed by atoms with van der Waals surface area (Å²) in [6.45, 7) is 2.12. The van der Waals surface area contributed by atoms with E-state index in [9.17, 15) is 0 Å². The second-order valence-electron chi connectivity index (χ2n) is 2.81. The van der Waals surface area contributed by atoms with Crippen molar-refractivity contribution >= 4 is 11.3 Å². The van der Waals surface area contributed by atoms with Gasteiger partial charge in [0.25, 0.3) is 0 Å². The van der Waals surface area contributed by atoms with Crippen LogP contribution in [0.3, 0.4) is 0 Å². The SMILES string of the molecule is Cc1cscc1-c1ccnn1C. The summed E-state index contributed by atoms with van der Waals surface area (Å²) in [5.41, 5.74) is 3.80. The van der Waals surface area contributed by atoms with Gasteiger partial charge in [-0.15, -0.1) is 0 Å². The Labute approximate surface area is 75.5 Å². The minimum Gasteiger partial charge on any atom is -0.268 e. The van der Waals surface area contributed by atoms with Gasteiger partial charge in [0, 0.05) is 24.2 Å². The molecule has 0 fully saturated rings. The maximum Gasteiger partial charge on any atom is 0.0689 e. The molecule has 0 amide bonds. The number of nitrogens with zero attached hydrogens (tertiary/aromatic N) is 2. The largest absolute Gasteiger partial charge is 0.268 e. The Balaban J connectivity index is 2.57. The van der Waals surface area contributed by atoms with Crippen molar-refractivity contribution < 1.29 is 0 Å². The molecule has 0 radical (unpaired) electrons. The summed E-state index contributed by atoms with van der Waals surface area (Å²) in [7, 11) is 1.96. The summed E-state index contributed by atoms with van der Waals surface area (Å²) < 4.78 is 1.90. The number of hydrogen-bond donors (Lipinski definition) is 0. The second kappa shape index (κ2) is 2.75. The molecular formula is C9H10N2S. The molecule has 2 rings (SSSR count). The average molecular weight is 178 g/mol. The predicted octanol–water partition coefficient (Wildman–Crippen LogP) is 2.46. The van der Waals surface area contributed by atoms with Gasteiger partial charge in [-0.1, -0.05) is 0 Å². The van der Waals surface area contributed by atoms with E-state index in [4.69, 9.17) is 0 Å². The Hall–Kier alpha value is -1.09. The Morgan fingerprint density at radius 1 is 1.42 bits per heavy atom. The van der Waals surface area contributed by atoms with E-state index in [1.165, 1.54) is 16.8 Å². The predicted molar refractivity (Wildman–Crippen MR) is 51.3 cm³/mol. The van der Waals surface area contributed by atoms with Crippen molar-refractivity contribution in [1.82, 2.24) is 9.78 Å². The molecule has 0 aromatic carbocycles. The monoisotopic (exact) mass is 178 g/mol. The molecule has 0 saturated heterocycles. The van der Waals surface area contributed by atoms with Crippen LogP contribution in [0.25, 0.3) is 11.3 Å². The number of rotatable bonds is 1. The second-order valence-corrected chi connectivity index (χ2v) is 3.55. The molecule has 2 heterocycles. The summed E-state index contributed by atoms with van der Waals surface area (Å²) in [4.78, 5) is 0. The quantitative estimate of drug-likeness (QED) is 0.656. The van der Waals surface area contributed by atoms with E-state index >= 15 is 0 Å². The average Bonchev–Trinajstić information content (AvgIpc) is 2.59. The molecule has 2 aromatic rings. The lowest BCUT2D eigenvalue weighted by atomic mass is 10.1. The van der Waals surface area contributed by atoms with Crippen molar-refractivity contribution in [2.45, 2.75) is 6.92 Å². The third kappa shape index (κ3) is 1.06. The topological polar surface area (TPSA) is 17.8 Å². The normalized spacial score (nSPS) is 10.5. The van der Waals surface area contributed by atoms with Gasteiger partial charge < -0.3 is 0 Å². The van der Waals surface area contributed by atoms with Crippen molar-refractivity contribution in [2.24, 2.45) is 7.05 Å². The number of hydrogen-bond acceptors (Lipinski definition) is 2. The highest BCUT2D eigenvalue weighted by Crippen LogP contribution is 2.25. The van der Waals surface area contributed by atoms with Gasteiger partial charge in [0.05, 0.1) is 5.69 Å². The van der Waals surface area contributed by atoms with Crippen LogP contribution in [-0.2, 0) is 7.05 Å². The van der Waals surface area contributed by atoms with Crippen molar-refractivity contribution in [3.05, 3.63) is 28.6 Å². The molecule has 2 aromatic heterocycles. The van der Waals surface area contributed by atoms with E-state index < -0.39 is 0 Å². The molecule has 0 aliphatic heterocycles. The first-order valence-electron chi connectivity index (χ1n) is 3.80. The molecule has 0 spiro atoms. The van der Waals surface area contributed by atoms with Crippen molar-refractivity contribution in [3.8, 4) is 11.3 Å². The van der Waals surface area contributed by atoms with Crippen molar-refractivity contribution in [3.63, 3.8) is 0 Å². The minimum atomic E-state index is 1.19. The van der Waals surface area contributed by atoms with Gasteiger partial charge in [-0.05, 0) is 23.9 Å². The van der Waals surface area contributed by atoms with E-state index in [-0.39, 0.29) is 0 Å². The smallest absolute Gasteiger partial charge is 0.0689 e. The zero-order valence-corrected chi connectivity index (χ0v) is 7.93. The highest BCUT2D eigenvalue weighted by molar-refractivity contribution is 7.08. The summed E-state index contributed by atoms with van der Waals surface area (Å²) in [6.07, 6.45) is 1.83. The van der Waals surface area contributed by atoms with Crippen LogP contribution in [0.1, 0.15) is 5.56 Å². The maximum absolute atomic E-state index is 4.14. The fourth-order valence-electron chi connectivity index (χ4n) is 1.26. The molecule has 0 aliphatic rings. The number of aryl methyl sites for hydroxylation is 2. The summed E-state index contributed by atoms with van der Waals surface area (Å²) >= 11 is 1.73. The summed E-state index contributed by atoms with van der Waals surface area (Å²) in [5.74, 6) is 0. The van der Waals surface area contributed by atoms with Gasteiger partial charge in [0.2, 0.25) is 0 Å². The molecule has 12 heavy (non-hydrogen) atoms. The lowest BCUT2D eigenvalue weighted by Gasteiger charge is -1.99. The molecule has 3 heteroatoms. The Morgan fingerprint density at radius 3 is 2.75 bits per heavy atom. The van der Waals surface area contributed by atoms with Crippen molar-refractivity contribution in [2.75, 3.05) is 0 Å². The minimum absolute atomic E-state index is 1.19. The third-order valence-corrected chi connectivity index (χ3v) is 2.81. The molecule has 2 nitrogen and oxygen atoms in total. The Bertz CT molecular complexity index is 348. The zero-order valence-electron chi connectivity index (χ0n) is 7.11. The molecular weight excluding hydrogens is 168 g/mol. The van der Waals surface area contributed by atoms with Crippen LogP contribution < -0.4 is 0 Å². The van der Waals surface area contributed by atoms with Crippen LogP contribution in [0.5, 0.6) is 0 Å². The van der Waals surface area contributed by atoms with Gasteiger partial charge in [-0.2, -0.15) is 16.4 Å². The van der Waals surface area contributed by atoms with E-state index in [0.29, 0.717) is 0 Å². The fraction of sp³-hybridized carbons (Fsp3) is 0.222. The molecule has 0 saturated carbocycles. The molecule has 62 valence electrons. The maximum atomic E-state index is 4.14. The van der Waals surface area contributed by atoms with Gasteiger partial charge in [0.1, 0.15) is 0 Å². The van der Waals surface area contributed by atoms with E-state index in [1.807, 2.05) is 24.0 Å². The molecule has 0 aliphatic carbocycles. The van der Waals surface area contributed by atoms with Crippen LogP contribution in [0.2, 0.25) is 0 Å². The van der Waals surface area contributed by atoms with Gasteiger partial charge >= 0.3 is 0 Å². The highest BCUT2D eigenvalue weighted by atomic mass is 32.1. The van der Waals surface area contributed by atoms with Gasteiger partial charge in [-0.3, -0.25) is 4.68 Å². The van der Waals surface area contributed by atoms with Gasteiger partial charge in [0.15, 0.2) is 0 Å². The lowest BCUT2D eigenvalue weighted by molar-refractivity contribution is 0.775. The highest BCUT2D eigenvalue weighted by Gasteiger charge is 2.05. The van der Waals surface area contributed by atoms with Crippen LogP contribution in [-0.4, -0.2) is 9.78 Å². The summed E-state index contributed by atoms with van der Waals surface area (Å²) in [6, 6.07) is 2.04. The van der Waals surface area contributed by atoms with Crippen LogP contribution in [0, 0.1) is 6.92 Å². The fourth-order valence-corrected chi connectivity index (χ4v) is 2.10. The van der Waals surface area contributed by atoms with Crippen molar-refractivity contribution in [1.29, 1.82) is 0 Å². The lowest BCUT2D eigenvalue weighted by Crippen LogP contribution is -1.92. The van der Waals surface area contributed by atoms with Crippen LogP contribution in [0.4, 0.5) is 0 Å². The molecule has 0 atom stereocenters. The Morgan fingerprint density at radius 2 is 2.25 bits per heavy atom. The Kier molecular flexibility index (Phi) is 1.73. The van der Waals surface area contributed by atoms with Crippen LogP contribution in [0.15, 0.2) is 23.0 Å². The van der Waals surface area contributed by atoms with E-state index in [2.05, 4.69) is 22.8 Å². The van der Waals surface area contributed by atoms with E-state index in [0.717, 1.165) is 0 Å². The van der Waals surface area contributed by atoms with E-state index in [1.54, 1.807) is 11.3 Å². The third-order valence-electron chi connectivity index (χ3n) is 1.95. The van der Waals surface area contributed by atoms with Gasteiger partial charge in [-0.25, -0.2) is 0 Å². The molecule has 0 unspecified atom stereocenters. The molecule has 0 N–H and O–H groups in total. The molecule has 0 bridgehead atoms. The first-order valence-corrected chi connectivity index (χ1v) is 4.74. The summed E-state index contributed by atoms with van der Waals surface area (Å²) in [5, 5.41) is 8.45. The zero-order chi connectivity index (χ0) is 8.55. The van der Waals surface area contributed by atoms with Crippen LogP contribution >= 0.6 is 11.3 Å². The number of aromatic nitrogens is 2. The number of thiophene rings is 1. The first kappa shape index (κ1) is 7.55.